The lowest BCUT2D eigenvalue weighted by atomic mass is 10.1. The predicted octanol–water partition coefficient (Wildman–Crippen LogP) is 2.94. The molecule has 0 aliphatic rings. The van der Waals surface area contributed by atoms with Crippen LogP contribution in [0.1, 0.15) is 23.4 Å². The van der Waals surface area contributed by atoms with Gasteiger partial charge in [-0.1, -0.05) is 0 Å². The maximum atomic E-state index is 10.7. The van der Waals surface area contributed by atoms with Crippen LogP contribution in [0.25, 0.3) is 11.5 Å². The van der Waals surface area contributed by atoms with Crippen LogP contribution in [0.3, 0.4) is 0 Å². The monoisotopic (exact) mass is 335 g/mol. The molecular weight excluding hydrogens is 322 g/mol. The highest BCUT2D eigenvalue weighted by molar-refractivity contribution is 9.10. The third-order valence-corrected chi connectivity index (χ3v) is 3.62. The minimum absolute atomic E-state index is 0.0810. The van der Waals surface area contributed by atoms with Crippen LogP contribution in [-0.4, -0.2) is 26.0 Å². The van der Waals surface area contributed by atoms with Crippen LogP contribution >= 0.6 is 15.9 Å². The minimum Gasteiger partial charge on any atom is -0.481 e. The van der Waals surface area contributed by atoms with E-state index in [-0.39, 0.29) is 6.42 Å². The van der Waals surface area contributed by atoms with Crippen molar-refractivity contribution in [2.24, 2.45) is 0 Å². The van der Waals surface area contributed by atoms with Crippen LogP contribution in [0.2, 0.25) is 0 Å². The lowest BCUT2D eigenvalue weighted by Crippen LogP contribution is -2.06. The van der Waals surface area contributed by atoms with E-state index in [9.17, 15) is 4.79 Å². The molecule has 0 unspecified atom stereocenters. The Morgan fingerprint density at radius 3 is 2.50 bits per heavy atom. The zero-order chi connectivity index (χ0) is 14.7. The molecule has 6 heteroatoms. The van der Waals surface area contributed by atoms with Gasteiger partial charge >= 0.3 is 5.97 Å². The summed E-state index contributed by atoms with van der Waals surface area (Å²) in [6, 6.07) is 3.71. The summed E-state index contributed by atoms with van der Waals surface area (Å²) in [5.74, 6) is -0.271. The lowest BCUT2D eigenvalue weighted by Gasteiger charge is -2.10. The van der Waals surface area contributed by atoms with Crippen LogP contribution in [0.5, 0.6) is 0 Å². The van der Waals surface area contributed by atoms with E-state index in [0.717, 1.165) is 21.4 Å². The molecule has 0 saturated heterocycles. The average Bonchev–Trinajstić information content (AvgIpc) is 2.37. The molecule has 2 aromatic rings. The maximum Gasteiger partial charge on any atom is 0.303 e. The van der Waals surface area contributed by atoms with E-state index in [2.05, 4.69) is 30.9 Å². The summed E-state index contributed by atoms with van der Waals surface area (Å²) in [5.41, 5.74) is 3.17. The molecule has 0 fully saturated rings. The van der Waals surface area contributed by atoms with Crippen molar-refractivity contribution in [2.45, 2.75) is 26.7 Å². The molecule has 2 heterocycles. The smallest absolute Gasteiger partial charge is 0.303 e. The second-order valence-electron chi connectivity index (χ2n) is 4.42. The van der Waals surface area contributed by atoms with Crippen molar-refractivity contribution in [3.05, 3.63) is 39.8 Å². The number of hydrogen-bond donors (Lipinski definition) is 1. The molecule has 0 saturated carbocycles. The van der Waals surface area contributed by atoms with Crippen molar-refractivity contribution in [2.75, 3.05) is 0 Å². The quantitative estimate of drug-likeness (QED) is 0.929. The molecule has 0 aromatic carbocycles. The molecule has 1 N–H and O–H groups in total. The molecule has 2 aromatic heterocycles. The normalized spacial score (nSPS) is 10.6. The first-order valence-electron chi connectivity index (χ1n) is 6.16. The molecule has 0 atom stereocenters. The molecule has 0 radical (unpaired) electrons. The van der Waals surface area contributed by atoms with E-state index < -0.39 is 5.97 Å². The van der Waals surface area contributed by atoms with E-state index in [0.29, 0.717) is 17.9 Å². The summed E-state index contributed by atoms with van der Waals surface area (Å²) >= 11 is 3.43. The van der Waals surface area contributed by atoms with Gasteiger partial charge in [-0.05, 0) is 53.9 Å². The Bertz CT molecular complexity index is 636. The lowest BCUT2D eigenvalue weighted by molar-refractivity contribution is -0.136. The first-order chi connectivity index (χ1) is 9.49. The van der Waals surface area contributed by atoms with Gasteiger partial charge in [0.2, 0.25) is 0 Å². The fourth-order valence-electron chi connectivity index (χ4n) is 1.99. The number of rotatable bonds is 4. The van der Waals surface area contributed by atoms with E-state index in [1.165, 1.54) is 0 Å². The maximum absolute atomic E-state index is 10.7. The molecule has 20 heavy (non-hydrogen) atoms. The van der Waals surface area contributed by atoms with Crippen molar-refractivity contribution < 1.29 is 9.90 Å². The van der Waals surface area contributed by atoms with E-state index in [4.69, 9.17) is 5.11 Å². The Balaban J connectivity index is 2.40. The van der Waals surface area contributed by atoms with Crippen LogP contribution in [-0.2, 0) is 11.2 Å². The molecule has 104 valence electrons. The number of aromatic nitrogens is 3. The second-order valence-corrected chi connectivity index (χ2v) is 5.28. The molecule has 0 aliphatic heterocycles. The van der Waals surface area contributed by atoms with Gasteiger partial charge < -0.3 is 5.11 Å². The second kappa shape index (κ2) is 6.09. The highest BCUT2D eigenvalue weighted by atomic mass is 79.9. The molecule has 2 rings (SSSR count). The summed E-state index contributed by atoms with van der Waals surface area (Å²) in [4.78, 5) is 23.8. The van der Waals surface area contributed by atoms with Gasteiger partial charge in [-0.25, -0.2) is 9.97 Å². The van der Waals surface area contributed by atoms with Gasteiger partial charge in [0.05, 0.1) is 0 Å². The van der Waals surface area contributed by atoms with Gasteiger partial charge in [0, 0.05) is 28.5 Å². The van der Waals surface area contributed by atoms with Gasteiger partial charge in [0.15, 0.2) is 5.82 Å². The Hall–Kier alpha value is -1.82. The topological polar surface area (TPSA) is 76.0 Å². The summed E-state index contributed by atoms with van der Waals surface area (Å²) in [5, 5.41) is 8.77. The zero-order valence-electron chi connectivity index (χ0n) is 11.2. The van der Waals surface area contributed by atoms with E-state index in [1.54, 1.807) is 6.20 Å². The highest BCUT2D eigenvalue weighted by Crippen LogP contribution is 2.24. The molecule has 0 amide bonds. The Kier molecular flexibility index (Phi) is 4.44. The van der Waals surface area contributed by atoms with Gasteiger partial charge in [-0.2, -0.15) is 0 Å². The molecule has 0 bridgehead atoms. The summed E-state index contributed by atoms with van der Waals surface area (Å²) in [6.07, 6.45) is 2.21. The first kappa shape index (κ1) is 14.6. The predicted molar refractivity (Wildman–Crippen MR) is 78.4 cm³/mol. The molecule has 0 spiro atoms. The molecule has 0 aliphatic carbocycles. The number of carbonyl (C=O) groups is 1. The third kappa shape index (κ3) is 3.19. The Labute approximate surface area is 125 Å². The zero-order valence-corrected chi connectivity index (χ0v) is 12.8. The fourth-order valence-corrected chi connectivity index (χ4v) is 2.42. The van der Waals surface area contributed by atoms with Gasteiger partial charge in [0.25, 0.3) is 0 Å². The van der Waals surface area contributed by atoms with Crippen LogP contribution in [0.15, 0.2) is 22.8 Å². The van der Waals surface area contributed by atoms with Crippen molar-refractivity contribution in [1.29, 1.82) is 0 Å². The van der Waals surface area contributed by atoms with Gasteiger partial charge in [-0.15, -0.1) is 0 Å². The van der Waals surface area contributed by atoms with Crippen molar-refractivity contribution in [3.8, 4) is 11.5 Å². The van der Waals surface area contributed by atoms with E-state index in [1.807, 2.05) is 26.0 Å². The minimum atomic E-state index is -0.819. The first-order valence-corrected chi connectivity index (χ1v) is 6.95. The number of aliphatic carboxylic acids is 1. The standard InChI is InChI=1S/C14H14BrN3O2/c1-8-10(5-6-12(19)20)9(2)18-14(17-8)13-11(15)4-3-7-16-13/h3-4,7H,5-6H2,1-2H3,(H,19,20). The SMILES string of the molecule is Cc1nc(-c2ncccc2Br)nc(C)c1CCC(=O)O. The Morgan fingerprint density at radius 2 is 1.95 bits per heavy atom. The number of carboxylic acid groups (broad SMARTS) is 1. The van der Waals surface area contributed by atoms with Gasteiger partial charge in [0.1, 0.15) is 5.69 Å². The number of nitrogens with zero attached hydrogens (tertiary/aromatic N) is 3. The van der Waals surface area contributed by atoms with E-state index >= 15 is 0 Å². The van der Waals surface area contributed by atoms with Crippen LogP contribution in [0, 0.1) is 13.8 Å². The Morgan fingerprint density at radius 1 is 1.30 bits per heavy atom. The number of hydrogen-bond acceptors (Lipinski definition) is 4. The average molecular weight is 336 g/mol. The number of carboxylic acids is 1. The summed E-state index contributed by atoms with van der Waals surface area (Å²) in [6.45, 7) is 3.73. The summed E-state index contributed by atoms with van der Waals surface area (Å²) < 4.78 is 0.831. The number of pyridine rings is 1. The molecule has 5 nitrogen and oxygen atoms in total. The van der Waals surface area contributed by atoms with Gasteiger partial charge in [-0.3, -0.25) is 9.78 Å². The van der Waals surface area contributed by atoms with Crippen LogP contribution in [0.4, 0.5) is 0 Å². The molecular formula is C14H14BrN3O2. The van der Waals surface area contributed by atoms with Crippen molar-refractivity contribution >= 4 is 21.9 Å². The largest absolute Gasteiger partial charge is 0.481 e. The van der Waals surface area contributed by atoms with Crippen molar-refractivity contribution in [1.82, 2.24) is 15.0 Å². The third-order valence-electron chi connectivity index (χ3n) is 2.98. The number of aryl methyl sites for hydroxylation is 2. The number of halogens is 1. The highest BCUT2D eigenvalue weighted by Gasteiger charge is 2.13. The van der Waals surface area contributed by atoms with Crippen LogP contribution < -0.4 is 0 Å². The van der Waals surface area contributed by atoms with Crippen molar-refractivity contribution in [3.63, 3.8) is 0 Å². The fraction of sp³-hybridized carbons (Fsp3) is 0.286. The summed E-state index contributed by atoms with van der Waals surface area (Å²) in [7, 11) is 0.